The number of hydrogen-bond acceptors (Lipinski definition) is 5. The molecule has 0 fully saturated rings. The van der Waals surface area contributed by atoms with Gasteiger partial charge in [0.15, 0.2) is 5.82 Å². The predicted molar refractivity (Wildman–Crippen MR) is 105 cm³/mol. The first kappa shape index (κ1) is 17.9. The van der Waals surface area contributed by atoms with Crippen LogP contribution in [0.1, 0.15) is 5.56 Å². The van der Waals surface area contributed by atoms with Crippen LogP contribution in [0.4, 0.5) is 5.82 Å². The Morgan fingerprint density at radius 2 is 1.79 bits per heavy atom. The minimum Gasteiger partial charge on any atom is -0.308 e. The van der Waals surface area contributed by atoms with E-state index in [0.29, 0.717) is 23.2 Å². The number of nitrogens with zero attached hydrogens (tertiary/aromatic N) is 6. The second-order valence-electron chi connectivity index (χ2n) is 6.05. The molecule has 0 atom stereocenters. The summed E-state index contributed by atoms with van der Waals surface area (Å²) in [6, 6.07) is 18.7. The average Bonchev–Trinajstić information content (AvgIpc) is 3.34. The van der Waals surface area contributed by atoms with Crippen molar-refractivity contribution in [2.75, 3.05) is 5.32 Å². The van der Waals surface area contributed by atoms with E-state index in [1.54, 1.807) is 16.9 Å². The van der Waals surface area contributed by atoms with Gasteiger partial charge in [-0.25, -0.2) is 0 Å². The van der Waals surface area contributed by atoms with Crippen molar-refractivity contribution in [1.82, 2.24) is 30.0 Å². The summed E-state index contributed by atoms with van der Waals surface area (Å²) in [7, 11) is 0. The Morgan fingerprint density at radius 1 is 1.00 bits per heavy atom. The zero-order valence-electron chi connectivity index (χ0n) is 14.7. The zero-order chi connectivity index (χ0) is 19.3. The number of anilines is 1. The molecule has 9 heteroatoms. The molecule has 0 saturated heterocycles. The lowest BCUT2D eigenvalue weighted by Crippen LogP contribution is -2.21. The van der Waals surface area contributed by atoms with Crippen LogP contribution in [-0.2, 0) is 17.9 Å². The lowest BCUT2D eigenvalue weighted by atomic mass is 10.2. The largest absolute Gasteiger partial charge is 0.308 e. The maximum Gasteiger partial charge on any atom is 0.249 e. The highest BCUT2D eigenvalue weighted by molar-refractivity contribution is 6.31. The maximum atomic E-state index is 12.2. The van der Waals surface area contributed by atoms with Crippen LogP contribution in [0.3, 0.4) is 0 Å². The first-order chi connectivity index (χ1) is 13.7. The minimum atomic E-state index is -0.292. The molecule has 2 heterocycles. The van der Waals surface area contributed by atoms with E-state index in [0.717, 1.165) is 11.1 Å². The van der Waals surface area contributed by atoms with Crippen LogP contribution >= 0.6 is 11.6 Å². The Labute approximate surface area is 165 Å². The number of benzene rings is 2. The molecule has 8 nitrogen and oxygen atoms in total. The van der Waals surface area contributed by atoms with E-state index in [1.165, 1.54) is 4.80 Å². The number of aromatic nitrogens is 6. The number of nitrogens with one attached hydrogen (secondary N) is 1. The molecule has 0 unspecified atom stereocenters. The third-order valence-electron chi connectivity index (χ3n) is 3.97. The monoisotopic (exact) mass is 393 g/mol. The number of carbonyl (C=O) groups is 1. The van der Waals surface area contributed by atoms with Crippen molar-refractivity contribution in [2.24, 2.45) is 0 Å². The third kappa shape index (κ3) is 4.24. The van der Waals surface area contributed by atoms with Gasteiger partial charge in [0, 0.05) is 22.8 Å². The van der Waals surface area contributed by atoms with Crippen LogP contribution in [0, 0.1) is 0 Å². The van der Waals surface area contributed by atoms with Gasteiger partial charge in [0.25, 0.3) is 0 Å². The van der Waals surface area contributed by atoms with Crippen molar-refractivity contribution in [1.29, 1.82) is 0 Å². The average molecular weight is 394 g/mol. The molecule has 2 aromatic carbocycles. The van der Waals surface area contributed by atoms with Crippen molar-refractivity contribution < 1.29 is 4.79 Å². The van der Waals surface area contributed by atoms with Crippen molar-refractivity contribution >= 4 is 23.3 Å². The topological polar surface area (TPSA) is 90.5 Å². The normalized spacial score (nSPS) is 10.8. The molecule has 28 heavy (non-hydrogen) atoms. The first-order valence-corrected chi connectivity index (χ1v) is 8.95. The molecule has 4 rings (SSSR count). The van der Waals surface area contributed by atoms with Gasteiger partial charge in [-0.05, 0) is 16.8 Å². The van der Waals surface area contributed by atoms with Gasteiger partial charge in [-0.1, -0.05) is 60.1 Å². The van der Waals surface area contributed by atoms with Gasteiger partial charge in [-0.3, -0.25) is 9.48 Å². The second-order valence-corrected chi connectivity index (χ2v) is 6.45. The summed E-state index contributed by atoms with van der Waals surface area (Å²) in [6.07, 6.45) is 1.78. The Morgan fingerprint density at radius 3 is 2.61 bits per heavy atom. The van der Waals surface area contributed by atoms with E-state index in [-0.39, 0.29) is 12.5 Å². The Balaban J connectivity index is 1.36. The summed E-state index contributed by atoms with van der Waals surface area (Å²) in [4.78, 5) is 13.5. The molecule has 2 aromatic heterocycles. The van der Waals surface area contributed by atoms with Gasteiger partial charge in [-0.2, -0.15) is 9.90 Å². The number of amides is 1. The number of rotatable bonds is 6. The molecule has 0 spiro atoms. The summed E-state index contributed by atoms with van der Waals surface area (Å²) >= 11 is 6.17. The van der Waals surface area contributed by atoms with Gasteiger partial charge in [0.1, 0.15) is 6.54 Å². The fourth-order valence-electron chi connectivity index (χ4n) is 2.64. The third-order valence-corrected chi connectivity index (χ3v) is 4.34. The molecule has 0 radical (unpaired) electrons. The van der Waals surface area contributed by atoms with E-state index in [4.69, 9.17) is 11.6 Å². The SMILES string of the molecule is O=C(Cn1nnc(-c2ccccc2)n1)Nc1ccn(Cc2ccccc2Cl)n1. The number of halogens is 1. The van der Waals surface area contributed by atoms with Crippen LogP contribution in [0.25, 0.3) is 11.4 Å². The standard InChI is InChI=1S/C19H16ClN7O/c20-16-9-5-4-8-15(16)12-26-11-10-17(23-26)21-18(28)13-27-24-19(22-25-27)14-6-2-1-3-7-14/h1-11H,12-13H2,(H,21,23,28). The lowest BCUT2D eigenvalue weighted by Gasteiger charge is -2.04. The number of carbonyl (C=O) groups excluding carboxylic acids is 1. The first-order valence-electron chi connectivity index (χ1n) is 8.57. The summed E-state index contributed by atoms with van der Waals surface area (Å²) in [6.45, 7) is 0.456. The second kappa shape index (κ2) is 8.01. The lowest BCUT2D eigenvalue weighted by molar-refractivity contribution is -0.117. The van der Waals surface area contributed by atoms with E-state index in [2.05, 4.69) is 25.8 Å². The van der Waals surface area contributed by atoms with Gasteiger partial charge in [-0.15, -0.1) is 10.2 Å². The molecule has 140 valence electrons. The molecule has 1 N–H and O–H groups in total. The fraction of sp³-hybridized carbons (Fsp3) is 0.105. The summed E-state index contributed by atoms with van der Waals surface area (Å²) in [5.74, 6) is 0.623. The van der Waals surface area contributed by atoms with Gasteiger partial charge in [0.05, 0.1) is 6.54 Å². The van der Waals surface area contributed by atoms with E-state index < -0.39 is 0 Å². The van der Waals surface area contributed by atoms with Crippen LogP contribution < -0.4 is 5.32 Å². The predicted octanol–water partition coefficient (Wildman–Crippen LogP) is 2.88. The Bertz CT molecular complexity index is 1090. The molecular formula is C19H16ClN7O. The maximum absolute atomic E-state index is 12.2. The molecule has 0 aliphatic carbocycles. The summed E-state index contributed by atoms with van der Waals surface area (Å²) in [5.41, 5.74) is 1.79. The Hall–Kier alpha value is -3.52. The highest BCUT2D eigenvalue weighted by Crippen LogP contribution is 2.16. The Kier molecular flexibility index (Phi) is 5.11. The molecule has 0 saturated carbocycles. The van der Waals surface area contributed by atoms with Crippen LogP contribution in [-0.4, -0.2) is 35.9 Å². The highest BCUT2D eigenvalue weighted by Gasteiger charge is 2.11. The highest BCUT2D eigenvalue weighted by atomic mass is 35.5. The van der Waals surface area contributed by atoms with Crippen molar-refractivity contribution in [3.05, 3.63) is 77.4 Å². The summed E-state index contributed by atoms with van der Waals surface area (Å²) in [5, 5.41) is 19.9. The molecule has 1 amide bonds. The van der Waals surface area contributed by atoms with Gasteiger partial charge in [0.2, 0.25) is 11.7 Å². The molecule has 4 aromatic rings. The van der Waals surface area contributed by atoms with Crippen LogP contribution in [0.2, 0.25) is 5.02 Å². The van der Waals surface area contributed by atoms with Crippen molar-refractivity contribution in [3.63, 3.8) is 0 Å². The van der Waals surface area contributed by atoms with E-state index in [9.17, 15) is 4.79 Å². The minimum absolute atomic E-state index is 0.0583. The summed E-state index contributed by atoms with van der Waals surface area (Å²) < 4.78 is 1.71. The van der Waals surface area contributed by atoms with Gasteiger partial charge < -0.3 is 5.32 Å². The van der Waals surface area contributed by atoms with Crippen LogP contribution in [0.5, 0.6) is 0 Å². The fourth-order valence-corrected chi connectivity index (χ4v) is 2.84. The van der Waals surface area contributed by atoms with E-state index >= 15 is 0 Å². The quantitative estimate of drug-likeness (QED) is 0.544. The molecule has 0 aliphatic heterocycles. The zero-order valence-corrected chi connectivity index (χ0v) is 15.5. The molecule has 0 aliphatic rings. The van der Waals surface area contributed by atoms with Crippen molar-refractivity contribution in [2.45, 2.75) is 13.1 Å². The van der Waals surface area contributed by atoms with Gasteiger partial charge >= 0.3 is 0 Å². The smallest absolute Gasteiger partial charge is 0.249 e. The van der Waals surface area contributed by atoms with Crippen LogP contribution in [0.15, 0.2) is 66.9 Å². The molecule has 0 bridgehead atoms. The van der Waals surface area contributed by atoms with E-state index in [1.807, 2.05) is 54.6 Å². The number of hydrogen-bond donors (Lipinski definition) is 1. The number of tetrazole rings is 1. The molecular weight excluding hydrogens is 378 g/mol. The van der Waals surface area contributed by atoms with Crippen molar-refractivity contribution in [3.8, 4) is 11.4 Å².